The molecule has 5 N–H and O–H groups in total. The second kappa shape index (κ2) is 5.61. The van der Waals surface area contributed by atoms with Gasteiger partial charge in [-0.25, -0.2) is 13.6 Å². The maximum atomic E-state index is 11.6. The topological polar surface area (TPSA) is 122 Å². The van der Waals surface area contributed by atoms with E-state index in [4.69, 9.17) is 27.7 Å². The normalized spacial score (nSPS) is 10.9. The number of rotatable bonds is 3. The summed E-state index contributed by atoms with van der Waals surface area (Å²) >= 11 is 6.04. The van der Waals surface area contributed by atoms with Crippen LogP contribution in [0, 0.1) is 11.3 Å². The first kappa shape index (κ1) is 15.1. The summed E-state index contributed by atoms with van der Waals surface area (Å²) in [7, 11) is -3.94. The Morgan fingerprint density at radius 1 is 1.14 bits per heavy atom. The molecule has 0 fully saturated rings. The molecular weight excluding hydrogens is 312 g/mol. The zero-order chi connectivity index (χ0) is 15.6. The fourth-order valence-electron chi connectivity index (χ4n) is 1.71. The molecule has 21 heavy (non-hydrogen) atoms. The van der Waals surface area contributed by atoms with Crippen LogP contribution in [0.15, 0.2) is 41.3 Å². The van der Waals surface area contributed by atoms with Crippen LogP contribution in [0.4, 0.5) is 17.1 Å². The van der Waals surface area contributed by atoms with Gasteiger partial charge < -0.3 is 11.1 Å². The number of nitrogen functional groups attached to an aromatic ring is 1. The highest BCUT2D eigenvalue weighted by molar-refractivity contribution is 7.89. The van der Waals surface area contributed by atoms with E-state index in [0.717, 1.165) is 0 Å². The van der Waals surface area contributed by atoms with Crippen molar-refractivity contribution in [3.63, 3.8) is 0 Å². The molecule has 0 aliphatic heterocycles. The van der Waals surface area contributed by atoms with Gasteiger partial charge in [-0.05, 0) is 36.4 Å². The first-order valence-electron chi connectivity index (χ1n) is 5.70. The standard InChI is InChI=1S/C13H11ClN4O2S/c14-10-5-8(7-15)1-3-11(10)18-12-4-2-9(16)6-13(12)21(17,19)20/h1-6,18H,16H2,(H2,17,19,20). The van der Waals surface area contributed by atoms with Crippen LogP contribution in [0.2, 0.25) is 5.02 Å². The van der Waals surface area contributed by atoms with E-state index in [1.165, 1.54) is 24.3 Å². The number of nitrogens with zero attached hydrogens (tertiary/aromatic N) is 1. The summed E-state index contributed by atoms with van der Waals surface area (Å²) in [6.07, 6.45) is 0. The maximum absolute atomic E-state index is 11.6. The molecule has 0 saturated heterocycles. The molecule has 0 unspecified atom stereocenters. The lowest BCUT2D eigenvalue weighted by Gasteiger charge is -2.12. The SMILES string of the molecule is N#Cc1ccc(Nc2ccc(N)cc2S(N)(=O)=O)c(Cl)c1. The number of hydrogen-bond acceptors (Lipinski definition) is 5. The number of anilines is 3. The molecular formula is C13H11ClN4O2S. The number of nitrogens with one attached hydrogen (secondary N) is 1. The second-order valence-electron chi connectivity index (χ2n) is 4.23. The summed E-state index contributed by atoms with van der Waals surface area (Å²) in [5.41, 5.74) is 6.94. The molecule has 0 amide bonds. The fourth-order valence-corrected chi connectivity index (χ4v) is 2.66. The van der Waals surface area contributed by atoms with Gasteiger partial charge in [-0.15, -0.1) is 0 Å². The van der Waals surface area contributed by atoms with Crippen LogP contribution in [0.5, 0.6) is 0 Å². The van der Waals surface area contributed by atoms with Gasteiger partial charge in [-0.3, -0.25) is 0 Å². The van der Waals surface area contributed by atoms with Gasteiger partial charge in [0, 0.05) is 5.69 Å². The lowest BCUT2D eigenvalue weighted by Crippen LogP contribution is -2.14. The van der Waals surface area contributed by atoms with Crippen molar-refractivity contribution < 1.29 is 8.42 Å². The number of sulfonamides is 1. The van der Waals surface area contributed by atoms with E-state index in [2.05, 4.69) is 5.32 Å². The van der Waals surface area contributed by atoms with Crippen molar-refractivity contribution in [2.75, 3.05) is 11.1 Å². The van der Waals surface area contributed by atoms with E-state index in [1.807, 2.05) is 6.07 Å². The Bertz CT molecular complexity index is 844. The van der Waals surface area contributed by atoms with Crippen molar-refractivity contribution in [1.29, 1.82) is 5.26 Å². The van der Waals surface area contributed by atoms with Gasteiger partial charge in [0.25, 0.3) is 0 Å². The zero-order valence-corrected chi connectivity index (χ0v) is 12.2. The monoisotopic (exact) mass is 322 g/mol. The predicted molar refractivity (Wildman–Crippen MR) is 81.7 cm³/mol. The number of nitriles is 1. The maximum Gasteiger partial charge on any atom is 0.240 e. The zero-order valence-electron chi connectivity index (χ0n) is 10.7. The quantitative estimate of drug-likeness (QED) is 0.747. The summed E-state index contributed by atoms with van der Waals surface area (Å²) in [5, 5.41) is 17.1. The van der Waals surface area contributed by atoms with Crippen molar-refractivity contribution in [3.05, 3.63) is 47.0 Å². The molecule has 2 rings (SSSR count). The summed E-state index contributed by atoms with van der Waals surface area (Å²) < 4.78 is 23.2. The van der Waals surface area contributed by atoms with Crippen molar-refractivity contribution in [3.8, 4) is 6.07 Å². The van der Waals surface area contributed by atoms with Gasteiger partial charge in [0.2, 0.25) is 10.0 Å². The second-order valence-corrected chi connectivity index (χ2v) is 6.17. The number of primary sulfonamides is 1. The Morgan fingerprint density at radius 2 is 1.81 bits per heavy atom. The number of benzene rings is 2. The molecule has 0 aliphatic carbocycles. The highest BCUT2D eigenvalue weighted by Gasteiger charge is 2.15. The number of hydrogen-bond donors (Lipinski definition) is 3. The number of halogens is 1. The minimum Gasteiger partial charge on any atom is -0.399 e. The van der Waals surface area contributed by atoms with Crippen LogP contribution in [0.25, 0.3) is 0 Å². The Morgan fingerprint density at radius 3 is 2.38 bits per heavy atom. The third-order valence-corrected chi connectivity index (χ3v) is 3.94. The van der Waals surface area contributed by atoms with Gasteiger partial charge in [-0.1, -0.05) is 11.6 Å². The molecule has 2 aromatic rings. The molecule has 8 heteroatoms. The largest absolute Gasteiger partial charge is 0.399 e. The van der Waals surface area contributed by atoms with E-state index in [1.54, 1.807) is 12.1 Å². The fraction of sp³-hybridized carbons (Fsp3) is 0. The molecule has 0 saturated carbocycles. The minimum atomic E-state index is -3.94. The van der Waals surface area contributed by atoms with Crippen LogP contribution in [0.3, 0.4) is 0 Å². The molecule has 0 aliphatic rings. The molecule has 0 spiro atoms. The van der Waals surface area contributed by atoms with E-state index < -0.39 is 10.0 Å². The average Bonchev–Trinajstić information content (AvgIpc) is 2.41. The summed E-state index contributed by atoms with van der Waals surface area (Å²) in [4.78, 5) is -0.136. The van der Waals surface area contributed by atoms with Gasteiger partial charge in [0.05, 0.1) is 28.0 Å². The Hall–Kier alpha value is -2.27. The van der Waals surface area contributed by atoms with Gasteiger partial charge in [-0.2, -0.15) is 5.26 Å². The Balaban J connectivity index is 2.48. The molecule has 6 nitrogen and oxygen atoms in total. The smallest absolute Gasteiger partial charge is 0.240 e. The summed E-state index contributed by atoms with van der Waals surface area (Å²) in [5.74, 6) is 0. The van der Waals surface area contributed by atoms with Crippen molar-refractivity contribution in [2.24, 2.45) is 5.14 Å². The van der Waals surface area contributed by atoms with Crippen molar-refractivity contribution in [1.82, 2.24) is 0 Å². The van der Waals surface area contributed by atoms with Gasteiger partial charge in [0.1, 0.15) is 4.90 Å². The lowest BCUT2D eigenvalue weighted by atomic mass is 10.2. The van der Waals surface area contributed by atoms with E-state index in [-0.39, 0.29) is 21.3 Å². The molecule has 2 aromatic carbocycles. The first-order valence-corrected chi connectivity index (χ1v) is 7.62. The van der Waals surface area contributed by atoms with Crippen LogP contribution in [-0.4, -0.2) is 8.42 Å². The van der Waals surface area contributed by atoms with Crippen molar-refractivity contribution >= 4 is 38.7 Å². The lowest BCUT2D eigenvalue weighted by molar-refractivity contribution is 0.598. The van der Waals surface area contributed by atoms with Crippen LogP contribution in [0.1, 0.15) is 5.56 Å². The van der Waals surface area contributed by atoms with Crippen LogP contribution >= 0.6 is 11.6 Å². The van der Waals surface area contributed by atoms with Crippen molar-refractivity contribution in [2.45, 2.75) is 4.90 Å². The Kier molecular flexibility index (Phi) is 4.04. The summed E-state index contributed by atoms with van der Waals surface area (Å²) in [6.45, 7) is 0. The molecule has 0 aromatic heterocycles. The molecule has 0 atom stereocenters. The highest BCUT2D eigenvalue weighted by Crippen LogP contribution is 2.30. The van der Waals surface area contributed by atoms with Gasteiger partial charge in [0.15, 0.2) is 0 Å². The van der Waals surface area contributed by atoms with Crippen LogP contribution < -0.4 is 16.2 Å². The third-order valence-electron chi connectivity index (χ3n) is 2.68. The highest BCUT2D eigenvalue weighted by atomic mass is 35.5. The Labute approximate surface area is 127 Å². The molecule has 0 heterocycles. The predicted octanol–water partition coefficient (Wildman–Crippen LogP) is 2.18. The molecule has 0 bridgehead atoms. The van der Waals surface area contributed by atoms with Gasteiger partial charge >= 0.3 is 0 Å². The molecule has 0 radical (unpaired) electrons. The number of nitrogens with two attached hydrogens (primary N) is 2. The summed E-state index contributed by atoms with van der Waals surface area (Å²) in [6, 6.07) is 10.8. The molecule has 108 valence electrons. The van der Waals surface area contributed by atoms with E-state index in [9.17, 15) is 8.42 Å². The van der Waals surface area contributed by atoms with E-state index in [0.29, 0.717) is 11.3 Å². The first-order chi connectivity index (χ1) is 9.81. The average molecular weight is 323 g/mol. The minimum absolute atomic E-state index is 0.136. The third kappa shape index (κ3) is 3.44. The van der Waals surface area contributed by atoms with E-state index >= 15 is 0 Å². The van der Waals surface area contributed by atoms with Crippen LogP contribution in [-0.2, 0) is 10.0 Å².